The number of nitrogen functional groups attached to an aromatic ring is 2. The Balaban J connectivity index is 1.71. The number of imidazole rings is 2. The number of carbonyl (C=O) groups excluding carboxylic acids is 2. The molecule has 4 heterocycles. The molecular formula is C29H42N12O10-2. The number of aliphatic carboxylic acids is 2. The van der Waals surface area contributed by atoms with E-state index >= 15 is 0 Å². The second kappa shape index (κ2) is 16.3. The third kappa shape index (κ3) is 9.22. The van der Waals surface area contributed by atoms with Crippen molar-refractivity contribution in [2.45, 2.75) is 84.0 Å². The van der Waals surface area contributed by atoms with E-state index in [4.69, 9.17) is 20.9 Å². The molecule has 22 nitrogen and oxygen atoms in total. The van der Waals surface area contributed by atoms with Crippen molar-refractivity contribution in [2.24, 2.45) is 11.8 Å². The van der Waals surface area contributed by atoms with Gasteiger partial charge in [-0.05, 0) is 11.8 Å². The van der Waals surface area contributed by atoms with Crippen LogP contribution < -0.4 is 43.4 Å². The first-order valence-corrected chi connectivity index (χ1v) is 15.9. The summed E-state index contributed by atoms with van der Waals surface area (Å²) in [5.74, 6) is -4.56. The van der Waals surface area contributed by atoms with Crippen LogP contribution in [0.5, 0.6) is 0 Å². The smallest absolute Gasteiger partial charge is 0.280 e. The number of carboxylic acid groups (broad SMARTS) is 2. The van der Waals surface area contributed by atoms with E-state index in [-0.39, 0.29) is 60.5 Å². The number of nitrogens with zero attached hydrogens (tertiary/aromatic N) is 6. The molecule has 0 aromatic carbocycles. The minimum Gasteiger partial charge on any atom is -0.548 e. The van der Waals surface area contributed by atoms with Gasteiger partial charge in [0, 0.05) is 12.8 Å². The standard InChI is InChI=1S/C29H44N12O10/c1-13(2)17(25(46)47)38-29(39-18(14(3)4)26(48)49,5-15(7-42)50-11-40-9-32-19-21(40)34-27(30)36-23(19)44)6-16(8-43)51-12-41-10-33-20-22(41)35-28(31)37-24(20)45/h9-10,13-18,38-39,42-43H,5-8,11-12H2,1-4H3,(H,46,47)(H,48,49)(H3,30,34,36,44)(H3,31,35,37,45)/p-2/t15?,16?,17-,18-/m1/s1. The fraction of sp³-hybridized carbons (Fsp3) is 0.586. The maximum Gasteiger partial charge on any atom is 0.280 e. The van der Waals surface area contributed by atoms with Crippen LogP contribution in [0.15, 0.2) is 22.2 Å². The van der Waals surface area contributed by atoms with Crippen LogP contribution in [0.3, 0.4) is 0 Å². The molecule has 0 aliphatic rings. The van der Waals surface area contributed by atoms with Crippen LogP contribution in [0.1, 0.15) is 40.5 Å². The third-order valence-electron chi connectivity index (χ3n) is 8.15. The lowest BCUT2D eigenvalue weighted by Crippen LogP contribution is -2.71. The molecule has 0 amide bonds. The number of carbonyl (C=O) groups is 2. The summed E-state index contributed by atoms with van der Waals surface area (Å²) in [4.78, 5) is 70.2. The molecular weight excluding hydrogens is 676 g/mol. The van der Waals surface area contributed by atoms with Crippen molar-refractivity contribution in [3.05, 3.63) is 33.4 Å². The van der Waals surface area contributed by atoms with Gasteiger partial charge in [-0.2, -0.15) is 9.97 Å². The molecule has 0 bridgehead atoms. The van der Waals surface area contributed by atoms with Gasteiger partial charge >= 0.3 is 0 Å². The topological polar surface area (TPSA) is 342 Å². The van der Waals surface area contributed by atoms with Gasteiger partial charge < -0.3 is 51.0 Å². The molecule has 0 fully saturated rings. The zero-order valence-electron chi connectivity index (χ0n) is 28.4. The van der Waals surface area contributed by atoms with Crippen LogP contribution in [0.25, 0.3) is 22.3 Å². The Kier molecular flexibility index (Phi) is 12.4. The molecule has 4 aromatic heterocycles. The second-order valence-electron chi connectivity index (χ2n) is 12.7. The number of aliphatic hydroxyl groups excluding tert-OH is 2. The van der Waals surface area contributed by atoms with E-state index in [1.165, 1.54) is 21.8 Å². The molecule has 0 aliphatic heterocycles. The molecule has 22 heteroatoms. The lowest BCUT2D eigenvalue weighted by molar-refractivity contribution is -0.311. The van der Waals surface area contributed by atoms with Crippen LogP contribution in [0.2, 0.25) is 0 Å². The summed E-state index contributed by atoms with van der Waals surface area (Å²) in [6.45, 7) is 4.46. The predicted octanol–water partition coefficient (Wildman–Crippen LogP) is -4.71. The maximum atomic E-state index is 12.4. The number of aromatic amines is 2. The molecule has 4 atom stereocenters. The summed E-state index contributed by atoms with van der Waals surface area (Å²) in [6.07, 6.45) is -0.400. The highest BCUT2D eigenvalue weighted by Crippen LogP contribution is 2.26. The van der Waals surface area contributed by atoms with Gasteiger partial charge in [0.2, 0.25) is 11.9 Å². The number of hydrogen-bond donors (Lipinski definition) is 8. The fourth-order valence-corrected chi connectivity index (χ4v) is 5.58. The van der Waals surface area contributed by atoms with Gasteiger partial charge in [0.1, 0.15) is 13.5 Å². The summed E-state index contributed by atoms with van der Waals surface area (Å²) in [5, 5.41) is 51.8. The highest BCUT2D eigenvalue weighted by Gasteiger charge is 2.41. The Labute approximate surface area is 289 Å². The number of carboxylic acids is 2. The van der Waals surface area contributed by atoms with Gasteiger partial charge in [0.25, 0.3) is 11.1 Å². The van der Waals surface area contributed by atoms with Gasteiger partial charge in [-0.1, -0.05) is 27.7 Å². The first-order valence-electron chi connectivity index (χ1n) is 15.9. The molecule has 4 aromatic rings. The van der Waals surface area contributed by atoms with Crippen molar-refractivity contribution in [1.82, 2.24) is 49.7 Å². The number of rotatable bonds is 20. The number of fused-ring (bicyclic) bond motifs is 2. The van der Waals surface area contributed by atoms with Crippen molar-refractivity contribution in [3.8, 4) is 0 Å². The zero-order chi connectivity index (χ0) is 37.6. The Hall–Kier alpha value is -5.00. The Morgan fingerprint density at radius 3 is 1.49 bits per heavy atom. The molecule has 0 spiro atoms. The third-order valence-corrected chi connectivity index (χ3v) is 8.15. The Morgan fingerprint density at radius 2 is 1.18 bits per heavy atom. The van der Waals surface area contributed by atoms with E-state index in [9.17, 15) is 39.6 Å². The van der Waals surface area contributed by atoms with E-state index in [1.54, 1.807) is 27.7 Å². The van der Waals surface area contributed by atoms with Crippen LogP contribution in [0.4, 0.5) is 11.9 Å². The number of hydrogen-bond acceptors (Lipinski definition) is 18. The van der Waals surface area contributed by atoms with Gasteiger partial charge in [0.05, 0.1) is 67.8 Å². The first-order chi connectivity index (χ1) is 24.1. The molecule has 0 radical (unpaired) electrons. The Morgan fingerprint density at radius 1 is 0.804 bits per heavy atom. The minimum absolute atomic E-state index is 0.0235. The van der Waals surface area contributed by atoms with Gasteiger partial charge in [-0.3, -0.25) is 39.3 Å². The van der Waals surface area contributed by atoms with Crippen LogP contribution in [0, 0.1) is 11.8 Å². The molecule has 0 saturated carbocycles. The lowest BCUT2D eigenvalue weighted by atomic mass is 9.89. The van der Waals surface area contributed by atoms with Crippen LogP contribution >= 0.6 is 0 Å². The van der Waals surface area contributed by atoms with Crippen LogP contribution in [-0.4, -0.2) is 104 Å². The second-order valence-corrected chi connectivity index (χ2v) is 12.7. The molecule has 51 heavy (non-hydrogen) atoms. The summed E-state index contributed by atoms with van der Waals surface area (Å²) in [5.41, 5.74) is 8.55. The number of anilines is 2. The van der Waals surface area contributed by atoms with Crippen molar-refractivity contribution < 1.29 is 39.5 Å². The number of aromatic nitrogens is 8. The highest BCUT2D eigenvalue weighted by atomic mass is 16.5. The largest absolute Gasteiger partial charge is 0.548 e. The molecule has 0 saturated heterocycles. The predicted molar refractivity (Wildman–Crippen MR) is 175 cm³/mol. The summed E-state index contributed by atoms with van der Waals surface area (Å²) in [7, 11) is 0. The molecule has 2 unspecified atom stereocenters. The summed E-state index contributed by atoms with van der Waals surface area (Å²) < 4.78 is 14.7. The van der Waals surface area contributed by atoms with Crippen molar-refractivity contribution in [3.63, 3.8) is 0 Å². The maximum absolute atomic E-state index is 12.4. The van der Waals surface area contributed by atoms with Crippen molar-refractivity contribution in [1.29, 1.82) is 0 Å². The number of ether oxygens (including phenoxy) is 2. The quantitative estimate of drug-likeness (QED) is 0.0398. The normalized spacial score (nSPS) is 14.7. The summed E-state index contributed by atoms with van der Waals surface area (Å²) in [6, 6.07) is -2.78. The first kappa shape index (κ1) is 38.8. The lowest BCUT2D eigenvalue weighted by Gasteiger charge is -2.46. The van der Waals surface area contributed by atoms with E-state index in [0.717, 1.165) is 0 Å². The van der Waals surface area contributed by atoms with Gasteiger partial charge in [-0.15, -0.1) is 0 Å². The van der Waals surface area contributed by atoms with Gasteiger partial charge in [0.15, 0.2) is 22.3 Å². The van der Waals surface area contributed by atoms with E-state index in [0.29, 0.717) is 0 Å². The van der Waals surface area contributed by atoms with E-state index in [1.807, 2.05) is 0 Å². The fourth-order valence-electron chi connectivity index (χ4n) is 5.58. The Bertz CT molecular complexity index is 1800. The molecule has 10 N–H and O–H groups in total. The average Bonchev–Trinajstić information content (AvgIpc) is 3.66. The molecule has 4 rings (SSSR count). The minimum atomic E-state index is -1.78. The summed E-state index contributed by atoms with van der Waals surface area (Å²) >= 11 is 0. The van der Waals surface area contributed by atoms with Crippen LogP contribution in [-0.2, 0) is 32.5 Å². The molecule has 280 valence electrons. The van der Waals surface area contributed by atoms with Crippen molar-refractivity contribution >= 4 is 46.2 Å². The number of H-pyrrole nitrogens is 2. The number of aliphatic hydroxyl groups is 2. The number of nitrogens with two attached hydrogens (primary N) is 2. The van der Waals surface area contributed by atoms with E-state index in [2.05, 4.69) is 40.5 Å². The zero-order valence-corrected chi connectivity index (χ0v) is 28.4. The average molecular weight is 719 g/mol. The van der Waals surface area contributed by atoms with Gasteiger partial charge in [-0.25, -0.2) is 9.97 Å². The molecule has 0 aliphatic carbocycles. The highest BCUT2D eigenvalue weighted by molar-refractivity contribution is 5.73. The monoisotopic (exact) mass is 718 g/mol. The van der Waals surface area contributed by atoms with Crippen molar-refractivity contribution in [2.75, 3.05) is 24.7 Å². The number of nitrogens with one attached hydrogen (secondary N) is 4. The van der Waals surface area contributed by atoms with E-state index < -0.39 is 78.1 Å². The SMILES string of the molecule is CC(C)[C@@H](NC(CC(CO)OCn1cnc2c(=O)[nH]c(N)nc21)(CC(CO)OCn1cnc2c(=O)[nH]c(N)nc21)N[C@@H](C(=O)[O-])C(C)C)C(=O)[O-].